The van der Waals surface area contributed by atoms with E-state index in [9.17, 15) is 4.79 Å². The molecule has 0 unspecified atom stereocenters. The fraction of sp³-hybridized carbons (Fsp3) is 0.500. The second-order valence-corrected chi connectivity index (χ2v) is 9.38. The van der Waals surface area contributed by atoms with Crippen LogP contribution >= 0.6 is 22.9 Å². The lowest BCUT2D eigenvalue weighted by molar-refractivity contribution is -0.134. The molecule has 0 spiro atoms. The number of piperazine rings is 2. The van der Waals surface area contributed by atoms with Crippen LogP contribution in [0, 0.1) is 0 Å². The van der Waals surface area contributed by atoms with Gasteiger partial charge in [0.2, 0.25) is 5.91 Å². The molecule has 2 saturated heterocycles. The highest BCUT2D eigenvalue weighted by Crippen LogP contribution is 2.15. The molecule has 0 aliphatic carbocycles. The van der Waals surface area contributed by atoms with Crippen molar-refractivity contribution < 1.29 is 4.79 Å². The molecule has 5 nitrogen and oxygen atoms in total. The Balaban J connectivity index is 1.16. The Morgan fingerprint density at radius 1 is 0.828 bits per heavy atom. The molecule has 2 aliphatic rings. The smallest absolute Gasteiger partial charge is 0.236 e. The van der Waals surface area contributed by atoms with E-state index in [1.165, 1.54) is 10.4 Å². The minimum absolute atomic E-state index is 0.284. The fourth-order valence-electron chi connectivity index (χ4n) is 4.02. The molecule has 7 heteroatoms. The minimum atomic E-state index is 0.284. The number of benzene rings is 1. The van der Waals surface area contributed by atoms with Crippen molar-refractivity contribution in [3.63, 3.8) is 0 Å². The third kappa shape index (κ3) is 6.03. The zero-order chi connectivity index (χ0) is 20.1. The van der Waals surface area contributed by atoms with E-state index < -0.39 is 0 Å². The van der Waals surface area contributed by atoms with Gasteiger partial charge in [0, 0.05) is 75.3 Å². The van der Waals surface area contributed by atoms with Crippen LogP contribution in [0.5, 0.6) is 0 Å². The van der Waals surface area contributed by atoms with Crippen molar-refractivity contribution in [2.75, 3.05) is 58.9 Å². The predicted molar refractivity (Wildman–Crippen MR) is 119 cm³/mol. The van der Waals surface area contributed by atoms with Crippen molar-refractivity contribution in [1.29, 1.82) is 0 Å². The van der Waals surface area contributed by atoms with E-state index in [-0.39, 0.29) is 5.91 Å². The van der Waals surface area contributed by atoms with Crippen molar-refractivity contribution in [1.82, 2.24) is 19.6 Å². The molecule has 29 heavy (non-hydrogen) atoms. The fourth-order valence-corrected chi connectivity index (χ4v) is 4.90. The van der Waals surface area contributed by atoms with Gasteiger partial charge in [-0.1, -0.05) is 29.8 Å². The summed E-state index contributed by atoms with van der Waals surface area (Å²) in [5.74, 6) is 0.284. The summed E-state index contributed by atoms with van der Waals surface area (Å²) in [5.41, 5.74) is 1.29. The number of hydrogen-bond donors (Lipinski definition) is 0. The maximum absolute atomic E-state index is 12.7. The quantitative estimate of drug-likeness (QED) is 0.702. The molecule has 156 valence electrons. The molecule has 0 N–H and O–H groups in total. The number of nitrogens with zero attached hydrogens (tertiary/aromatic N) is 4. The first-order valence-electron chi connectivity index (χ1n) is 10.4. The Bertz CT molecular complexity index is 767. The number of carbonyl (C=O) groups is 1. The van der Waals surface area contributed by atoms with E-state index in [0.717, 1.165) is 70.5 Å². The van der Waals surface area contributed by atoms with E-state index in [1.54, 1.807) is 0 Å². The average Bonchev–Trinajstić information content (AvgIpc) is 3.25. The lowest BCUT2D eigenvalue weighted by Gasteiger charge is -2.38. The van der Waals surface area contributed by atoms with Crippen LogP contribution in [0.2, 0.25) is 5.02 Å². The Morgan fingerprint density at radius 3 is 2.10 bits per heavy atom. The standard InChI is InChI=1S/C22H29ClN4OS/c23-20-5-3-19(4-6-20)16-24-7-9-26(10-8-24)18-22(28)27-13-11-25(12-14-27)17-21-2-1-15-29-21/h1-6,15H,7-14,16-18H2. The molecule has 2 aliphatic heterocycles. The molecule has 3 heterocycles. The molecule has 1 aromatic heterocycles. The molecule has 0 radical (unpaired) electrons. The maximum atomic E-state index is 12.7. The second kappa shape index (κ2) is 10.0. The summed E-state index contributed by atoms with van der Waals surface area (Å²) in [5, 5.41) is 2.91. The highest BCUT2D eigenvalue weighted by Gasteiger charge is 2.24. The first kappa shape index (κ1) is 20.8. The molecule has 1 amide bonds. The topological polar surface area (TPSA) is 30.0 Å². The number of thiophene rings is 1. The van der Waals surface area contributed by atoms with Gasteiger partial charge in [-0.25, -0.2) is 0 Å². The lowest BCUT2D eigenvalue weighted by atomic mass is 10.2. The summed E-state index contributed by atoms with van der Waals surface area (Å²) in [4.78, 5) is 23.4. The van der Waals surface area contributed by atoms with E-state index in [4.69, 9.17) is 11.6 Å². The summed E-state index contributed by atoms with van der Waals surface area (Å²) in [7, 11) is 0. The van der Waals surface area contributed by atoms with Crippen LogP contribution in [0.1, 0.15) is 10.4 Å². The monoisotopic (exact) mass is 432 g/mol. The largest absolute Gasteiger partial charge is 0.339 e. The van der Waals surface area contributed by atoms with Crippen molar-refractivity contribution in [2.24, 2.45) is 0 Å². The van der Waals surface area contributed by atoms with Crippen molar-refractivity contribution in [3.8, 4) is 0 Å². The molecule has 0 bridgehead atoms. The van der Waals surface area contributed by atoms with Crippen LogP contribution in [0.15, 0.2) is 41.8 Å². The molecule has 2 aromatic rings. The van der Waals surface area contributed by atoms with Crippen molar-refractivity contribution in [3.05, 3.63) is 57.2 Å². The van der Waals surface area contributed by atoms with E-state index in [0.29, 0.717) is 6.54 Å². The number of carbonyl (C=O) groups excluding carboxylic acids is 1. The number of amides is 1. The minimum Gasteiger partial charge on any atom is -0.339 e. The van der Waals surface area contributed by atoms with E-state index in [2.05, 4.69) is 44.3 Å². The van der Waals surface area contributed by atoms with Gasteiger partial charge in [0.1, 0.15) is 0 Å². The third-order valence-electron chi connectivity index (χ3n) is 5.83. The van der Waals surface area contributed by atoms with Gasteiger partial charge >= 0.3 is 0 Å². The van der Waals surface area contributed by atoms with Crippen LogP contribution in [0.3, 0.4) is 0 Å². The first-order chi connectivity index (χ1) is 14.2. The van der Waals surface area contributed by atoms with Gasteiger partial charge < -0.3 is 4.90 Å². The maximum Gasteiger partial charge on any atom is 0.236 e. The van der Waals surface area contributed by atoms with Gasteiger partial charge in [-0.05, 0) is 29.1 Å². The summed E-state index contributed by atoms with van der Waals surface area (Å²) in [6.07, 6.45) is 0. The van der Waals surface area contributed by atoms with E-state index >= 15 is 0 Å². The Kier molecular flexibility index (Phi) is 7.21. The van der Waals surface area contributed by atoms with Gasteiger partial charge in [0.15, 0.2) is 0 Å². The van der Waals surface area contributed by atoms with Crippen molar-refractivity contribution >= 4 is 28.8 Å². The van der Waals surface area contributed by atoms with Gasteiger partial charge in [-0.15, -0.1) is 11.3 Å². The lowest BCUT2D eigenvalue weighted by Crippen LogP contribution is -2.53. The Labute approximate surface area is 182 Å². The Morgan fingerprint density at radius 2 is 1.45 bits per heavy atom. The summed E-state index contributed by atoms with van der Waals surface area (Å²) >= 11 is 7.78. The van der Waals surface area contributed by atoms with Gasteiger partial charge in [-0.3, -0.25) is 19.5 Å². The Hall–Kier alpha value is -1.44. The summed E-state index contributed by atoms with van der Waals surface area (Å²) < 4.78 is 0. The van der Waals surface area contributed by atoms with Gasteiger partial charge in [0.05, 0.1) is 6.54 Å². The number of halogens is 1. The second-order valence-electron chi connectivity index (χ2n) is 7.92. The number of rotatable bonds is 6. The van der Waals surface area contributed by atoms with Gasteiger partial charge in [0.25, 0.3) is 0 Å². The van der Waals surface area contributed by atoms with Crippen LogP contribution in [-0.2, 0) is 17.9 Å². The van der Waals surface area contributed by atoms with Crippen LogP contribution in [0.25, 0.3) is 0 Å². The summed E-state index contributed by atoms with van der Waals surface area (Å²) in [6.45, 7) is 10.1. The molecule has 0 saturated carbocycles. The molecular weight excluding hydrogens is 404 g/mol. The van der Waals surface area contributed by atoms with Gasteiger partial charge in [-0.2, -0.15) is 0 Å². The zero-order valence-corrected chi connectivity index (χ0v) is 18.4. The highest BCUT2D eigenvalue weighted by atomic mass is 35.5. The van der Waals surface area contributed by atoms with Crippen molar-refractivity contribution in [2.45, 2.75) is 13.1 Å². The average molecular weight is 433 g/mol. The molecule has 2 fully saturated rings. The zero-order valence-electron chi connectivity index (χ0n) is 16.8. The third-order valence-corrected chi connectivity index (χ3v) is 6.94. The van der Waals surface area contributed by atoms with Crippen LogP contribution < -0.4 is 0 Å². The highest BCUT2D eigenvalue weighted by molar-refractivity contribution is 7.09. The normalized spacial score (nSPS) is 19.6. The molecule has 1 aromatic carbocycles. The van der Waals surface area contributed by atoms with Crippen LogP contribution in [-0.4, -0.2) is 84.4 Å². The predicted octanol–water partition coefficient (Wildman–Crippen LogP) is 2.86. The molecule has 4 rings (SSSR count). The van der Waals surface area contributed by atoms with Crippen LogP contribution in [0.4, 0.5) is 0 Å². The summed E-state index contributed by atoms with van der Waals surface area (Å²) in [6, 6.07) is 12.4. The number of hydrogen-bond acceptors (Lipinski definition) is 5. The first-order valence-corrected chi connectivity index (χ1v) is 11.6. The SMILES string of the molecule is O=C(CN1CCN(Cc2ccc(Cl)cc2)CC1)N1CCN(Cc2cccs2)CC1. The molecule has 0 atom stereocenters. The van der Waals surface area contributed by atoms with E-state index in [1.807, 2.05) is 28.4 Å². The molecular formula is C22H29ClN4OS.